The molecular weight excluding hydrogens is 364 g/mol. The van der Waals surface area contributed by atoms with E-state index in [1.807, 2.05) is 12.1 Å². The number of rotatable bonds is 2. The first-order valence-corrected chi connectivity index (χ1v) is 10.3. The molecule has 0 amide bonds. The van der Waals surface area contributed by atoms with Crippen LogP contribution >= 0.6 is 0 Å². The lowest BCUT2D eigenvalue weighted by Gasteiger charge is -2.12. The van der Waals surface area contributed by atoms with Gasteiger partial charge in [-0.05, 0) is 58.1 Å². The number of hydrogen-bond acceptors (Lipinski definition) is 1. The molecule has 1 heterocycles. The van der Waals surface area contributed by atoms with Crippen LogP contribution in [0, 0.1) is 6.92 Å². The van der Waals surface area contributed by atoms with Crippen molar-refractivity contribution < 1.29 is 4.42 Å². The Labute approximate surface area is 175 Å². The number of aryl methyl sites for hydroxylation is 1. The summed E-state index contributed by atoms with van der Waals surface area (Å²) in [5.41, 5.74) is 8.05. The zero-order valence-corrected chi connectivity index (χ0v) is 16.7. The molecule has 0 aliphatic heterocycles. The number of para-hydroxylation sites is 1. The maximum absolute atomic E-state index is 6.13. The van der Waals surface area contributed by atoms with E-state index in [2.05, 4.69) is 97.9 Å². The number of benzene rings is 5. The molecule has 142 valence electrons. The van der Waals surface area contributed by atoms with E-state index < -0.39 is 0 Å². The van der Waals surface area contributed by atoms with Crippen LogP contribution in [0.2, 0.25) is 0 Å². The standard InChI is InChI=1S/C29H20O/c1-19-10-12-20(13-11-19)22-16-17-23(25-7-3-2-6-24(22)25)21-14-15-27-26-8-4-5-9-28(26)30-29(27)18-21/h2-18H,1H3. The second-order valence-electron chi connectivity index (χ2n) is 7.88. The van der Waals surface area contributed by atoms with E-state index in [9.17, 15) is 0 Å². The van der Waals surface area contributed by atoms with Gasteiger partial charge >= 0.3 is 0 Å². The Hall–Kier alpha value is -3.84. The molecule has 0 spiro atoms. The highest BCUT2D eigenvalue weighted by atomic mass is 16.3. The van der Waals surface area contributed by atoms with Crippen molar-refractivity contribution in [1.29, 1.82) is 0 Å². The lowest BCUT2D eigenvalue weighted by atomic mass is 9.91. The third kappa shape index (κ3) is 2.63. The van der Waals surface area contributed by atoms with Gasteiger partial charge in [-0.25, -0.2) is 0 Å². The van der Waals surface area contributed by atoms with Crippen LogP contribution in [0.15, 0.2) is 108 Å². The number of fused-ring (bicyclic) bond motifs is 4. The average molecular weight is 384 g/mol. The fraction of sp³-hybridized carbons (Fsp3) is 0.0345. The van der Waals surface area contributed by atoms with Crippen LogP contribution in [0.3, 0.4) is 0 Å². The molecule has 5 aromatic carbocycles. The highest BCUT2D eigenvalue weighted by molar-refractivity contribution is 6.08. The van der Waals surface area contributed by atoms with E-state index in [4.69, 9.17) is 4.42 Å². The third-order valence-corrected chi connectivity index (χ3v) is 5.98. The van der Waals surface area contributed by atoms with Crippen molar-refractivity contribution in [3.8, 4) is 22.3 Å². The monoisotopic (exact) mass is 384 g/mol. The quantitative estimate of drug-likeness (QED) is 0.292. The molecule has 0 saturated heterocycles. The molecule has 1 aromatic heterocycles. The van der Waals surface area contributed by atoms with Crippen LogP contribution in [-0.4, -0.2) is 0 Å². The topological polar surface area (TPSA) is 13.1 Å². The van der Waals surface area contributed by atoms with Gasteiger partial charge in [0, 0.05) is 10.8 Å². The zero-order valence-electron chi connectivity index (χ0n) is 16.7. The smallest absolute Gasteiger partial charge is 0.136 e. The van der Waals surface area contributed by atoms with Gasteiger partial charge in [-0.3, -0.25) is 0 Å². The van der Waals surface area contributed by atoms with E-state index in [1.165, 1.54) is 44.0 Å². The normalized spacial score (nSPS) is 11.5. The molecule has 0 radical (unpaired) electrons. The average Bonchev–Trinajstić information content (AvgIpc) is 3.17. The van der Waals surface area contributed by atoms with Gasteiger partial charge in [-0.2, -0.15) is 0 Å². The zero-order chi connectivity index (χ0) is 20.1. The predicted molar refractivity (Wildman–Crippen MR) is 127 cm³/mol. The van der Waals surface area contributed by atoms with E-state index in [-0.39, 0.29) is 0 Å². The first kappa shape index (κ1) is 17.1. The second kappa shape index (κ2) is 6.60. The predicted octanol–water partition coefficient (Wildman–Crippen LogP) is 8.38. The Morgan fingerprint density at radius 2 is 1.03 bits per heavy atom. The van der Waals surface area contributed by atoms with Gasteiger partial charge in [-0.15, -0.1) is 0 Å². The lowest BCUT2D eigenvalue weighted by molar-refractivity contribution is 0.669. The maximum atomic E-state index is 6.13. The maximum Gasteiger partial charge on any atom is 0.136 e. The minimum Gasteiger partial charge on any atom is -0.456 e. The van der Waals surface area contributed by atoms with Crippen molar-refractivity contribution in [1.82, 2.24) is 0 Å². The molecular formula is C29H20O. The summed E-state index contributed by atoms with van der Waals surface area (Å²) in [6, 6.07) is 36.7. The third-order valence-electron chi connectivity index (χ3n) is 5.98. The molecule has 0 N–H and O–H groups in total. The highest BCUT2D eigenvalue weighted by Crippen LogP contribution is 2.38. The van der Waals surface area contributed by atoms with E-state index in [0.717, 1.165) is 16.6 Å². The summed E-state index contributed by atoms with van der Waals surface area (Å²) in [6.07, 6.45) is 0. The summed E-state index contributed by atoms with van der Waals surface area (Å²) < 4.78 is 6.13. The molecule has 1 nitrogen and oxygen atoms in total. The Bertz CT molecular complexity index is 1530. The first-order chi connectivity index (χ1) is 14.8. The van der Waals surface area contributed by atoms with Crippen LogP contribution in [0.25, 0.3) is 55.0 Å². The van der Waals surface area contributed by atoms with Gasteiger partial charge in [0.2, 0.25) is 0 Å². The molecule has 0 aliphatic rings. The number of furan rings is 1. The van der Waals surface area contributed by atoms with Crippen molar-refractivity contribution in [2.24, 2.45) is 0 Å². The molecule has 0 atom stereocenters. The van der Waals surface area contributed by atoms with Gasteiger partial charge < -0.3 is 4.42 Å². The molecule has 0 saturated carbocycles. The molecule has 6 rings (SSSR count). The van der Waals surface area contributed by atoms with Gasteiger partial charge in [0.25, 0.3) is 0 Å². The molecule has 0 aliphatic carbocycles. The summed E-state index contributed by atoms with van der Waals surface area (Å²) in [6.45, 7) is 2.12. The van der Waals surface area contributed by atoms with Crippen LogP contribution in [0.1, 0.15) is 5.56 Å². The van der Waals surface area contributed by atoms with Gasteiger partial charge in [0.05, 0.1) is 0 Å². The summed E-state index contributed by atoms with van der Waals surface area (Å²) >= 11 is 0. The molecule has 30 heavy (non-hydrogen) atoms. The summed E-state index contributed by atoms with van der Waals surface area (Å²) in [4.78, 5) is 0. The highest BCUT2D eigenvalue weighted by Gasteiger charge is 2.12. The summed E-state index contributed by atoms with van der Waals surface area (Å²) in [5, 5.41) is 4.85. The van der Waals surface area contributed by atoms with Crippen molar-refractivity contribution >= 4 is 32.7 Å². The first-order valence-electron chi connectivity index (χ1n) is 10.3. The summed E-state index contributed by atoms with van der Waals surface area (Å²) in [7, 11) is 0. The lowest BCUT2D eigenvalue weighted by Crippen LogP contribution is -1.86. The van der Waals surface area contributed by atoms with Crippen molar-refractivity contribution in [3.63, 3.8) is 0 Å². The van der Waals surface area contributed by atoms with Crippen LogP contribution in [0.4, 0.5) is 0 Å². The second-order valence-corrected chi connectivity index (χ2v) is 7.88. The van der Waals surface area contributed by atoms with E-state index >= 15 is 0 Å². The fourth-order valence-corrected chi connectivity index (χ4v) is 4.43. The van der Waals surface area contributed by atoms with E-state index in [0.29, 0.717) is 0 Å². The molecule has 0 fully saturated rings. The van der Waals surface area contributed by atoms with Gasteiger partial charge in [0.1, 0.15) is 11.2 Å². The Kier molecular flexibility index (Phi) is 3.75. The largest absolute Gasteiger partial charge is 0.456 e. The SMILES string of the molecule is Cc1ccc(-c2ccc(-c3ccc4c(c3)oc3ccccc34)c3ccccc23)cc1. The van der Waals surface area contributed by atoms with Gasteiger partial charge in [-0.1, -0.05) is 90.5 Å². The Morgan fingerprint density at radius 1 is 0.467 bits per heavy atom. The Balaban J connectivity index is 1.57. The van der Waals surface area contributed by atoms with Crippen LogP contribution in [0.5, 0.6) is 0 Å². The fourth-order valence-electron chi connectivity index (χ4n) is 4.43. The van der Waals surface area contributed by atoms with Gasteiger partial charge in [0.15, 0.2) is 0 Å². The van der Waals surface area contributed by atoms with Crippen molar-refractivity contribution in [2.45, 2.75) is 6.92 Å². The van der Waals surface area contributed by atoms with E-state index in [1.54, 1.807) is 0 Å². The summed E-state index contributed by atoms with van der Waals surface area (Å²) in [5.74, 6) is 0. The van der Waals surface area contributed by atoms with Crippen LogP contribution in [-0.2, 0) is 0 Å². The van der Waals surface area contributed by atoms with Crippen molar-refractivity contribution in [3.05, 3.63) is 109 Å². The van der Waals surface area contributed by atoms with Crippen molar-refractivity contribution in [2.75, 3.05) is 0 Å². The molecule has 6 aromatic rings. The minimum atomic E-state index is 0.931. The molecule has 0 unspecified atom stereocenters. The van der Waals surface area contributed by atoms with Crippen LogP contribution < -0.4 is 0 Å². The molecule has 1 heteroatoms. The minimum absolute atomic E-state index is 0.931. The number of hydrogen-bond donors (Lipinski definition) is 0. The molecule has 0 bridgehead atoms. The Morgan fingerprint density at radius 3 is 1.77 bits per heavy atom.